The highest BCUT2D eigenvalue weighted by atomic mass is 19.4. The van der Waals surface area contributed by atoms with Crippen molar-refractivity contribution in [1.29, 1.82) is 0 Å². The van der Waals surface area contributed by atoms with Gasteiger partial charge in [-0.1, -0.05) is 0 Å². The van der Waals surface area contributed by atoms with E-state index in [2.05, 4.69) is 15.2 Å². The average molecular weight is 503 g/mol. The van der Waals surface area contributed by atoms with Gasteiger partial charge in [0.25, 0.3) is 0 Å². The lowest BCUT2D eigenvalue weighted by molar-refractivity contribution is -0.178. The smallest absolute Gasteiger partial charge is 0.368 e. The highest BCUT2D eigenvalue weighted by molar-refractivity contribution is 5.94. The molecule has 0 aliphatic carbocycles. The molecule has 0 unspecified atom stereocenters. The van der Waals surface area contributed by atoms with Gasteiger partial charge in [0.2, 0.25) is 5.91 Å². The van der Waals surface area contributed by atoms with Crippen LogP contribution >= 0.6 is 0 Å². The standard InChI is InChI=1S/C23H27F6N5O/c1-32-7-9-33(10-8-32)14-20(35)31-16-11-15(22(24,25)26)12-34(13-16)19-5-4-18(23(27,28)29)21-17(19)3-2-6-30-21/h2-6,15-16H,7-14H2,1H3,(H,31,35)/t15-,16+/m0/s1. The summed E-state index contributed by atoms with van der Waals surface area (Å²) in [4.78, 5) is 22.0. The van der Waals surface area contributed by atoms with Gasteiger partial charge in [-0.25, -0.2) is 0 Å². The second kappa shape index (κ2) is 9.81. The van der Waals surface area contributed by atoms with Gasteiger partial charge < -0.3 is 15.1 Å². The molecular formula is C23H27F6N5O. The molecule has 1 aromatic heterocycles. The number of rotatable bonds is 4. The predicted molar refractivity (Wildman–Crippen MR) is 119 cm³/mol. The molecule has 1 amide bonds. The summed E-state index contributed by atoms with van der Waals surface area (Å²) in [6.07, 6.45) is -8.23. The summed E-state index contributed by atoms with van der Waals surface area (Å²) in [6.45, 7) is 2.71. The van der Waals surface area contributed by atoms with Crippen LogP contribution < -0.4 is 10.2 Å². The van der Waals surface area contributed by atoms with Gasteiger partial charge in [0, 0.05) is 62.6 Å². The number of likely N-dealkylation sites (N-methyl/N-ethyl adjacent to an activating group) is 1. The number of carbonyl (C=O) groups is 1. The first kappa shape index (κ1) is 25.5. The number of fused-ring (bicyclic) bond motifs is 1. The van der Waals surface area contributed by atoms with E-state index in [9.17, 15) is 31.1 Å². The number of carbonyl (C=O) groups excluding carboxylic acids is 1. The van der Waals surface area contributed by atoms with Crippen LogP contribution in [-0.2, 0) is 11.0 Å². The van der Waals surface area contributed by atoms with Gasteiger partial charge in [0.1, 0.15) is 0 Å². The maximum Gasteiger partial charge on any atom is 0.418 e. The van der Waals surface area contributed by atoms with Crippen molar-refractivity contribution < 1.29 is 31.1 Å². The number of halogens is 6. The summed E-state index contributed by atoms with van der Waals surface area (Å²) in [5.41, 5.74) is -1.03. The molecule has 2 fully saturated rings. The van der Waals surface area contributed by atoms with Gasteiger partial charge >= 0.3 is 12.4 Å². The summed E-state index contributed by atoms with van der Waals surface area (Å²) in [5, 5.41) is 2.85. The molecule has 0 spiro atoms. The van der Waals surface area contributed by atoms with Crippen LogP contribution in [0, 0.1) is 5.92 Å². The second-order valence-electron chi connectivity index (χ2n) is 9.25. The molecule has 2 aliphatic heterocycles. The molecule has 4 rings (SSSR count). The largest absolute Gasteiger partial charge is 0.418 e. The Morgan fingerprint density at radius 2 is 1.77 bits per heavy atom. The van der Waals surface area contributed by atoms with Gasteiger partial charge in [-0.05, 0) is 37.7 Å². The Kier molecular flexibility index (Phi) is 7.14. The van der Waals surface area contributed by atoms with E-state index in [-0.39, 0.29) is 42.0 Å². The molecule has 0 bridgehead atoms. The zero-order valence-corrected chi connectivity index (χ0v) is 19.2. The lowest BCUT2D eigenvalue weighted by Gasteiger charge is -2.41. The summed E-state index contributed by atoms with van der Waals surface area (Å²) in [6, 6.07) is 4.11. The molecule has 2 atom stereocenters. The van der Waals surface area contributed by atoms with Crippen molar-refractivity contribution in [2.75, 3.05) is 57.8 Å². The second-order valence-corrected chi connectivity index (χ2v) is 9.25. The van der Waals surface area contributed by atoms with E-state index in [1.54, 1.807) is 0 Å². The van der Waals surface area contributed by atoms with E-state index in [0.717, 1.165) is 19.2 Å². The number of anilines is 1. The third kappa shape index (κ3) is 5.97. The number of nitrogens with zero attached hydrogens (tertiary/aromatic N) is 4. The number of amides is 1. The molecule has 12 heteroatoms. The van der Waals surface area contributed by atoms with E-state index in [1.165, 1.54) is 29.3 Å². The summed E-state index contributed by atoms with van der Waals surface area (Å²) in [5.74, 6) is -2.10. The van der Waals surface area contributed by atoms with Crippen LogP contribution in [0.15, 0.2) is 30.5 Å². The zero-order chi connectivity index (χ0) is 25.4. The molecule has 0 radical (unpaired) electrons. The van der Waals surface area contributed by atoms with Crippen LogP contribution in [0.2, 0.25) is 0 Å². The molecule has 2 aliphatic rings. The number of hydrogen-bond acceptors (Lipinski definition) is 5. The van der Waals surface area contributed by atoms with Crippen molar-refractivity contribution in [3.8, 4) is 0 Å². The molecule has 6 nitrogen and oxygen atoms in total. The minimum absolute atomic E-state index is 0.0520. The topological polar surface area (TPSA) is 51.7 Å². The normalized spacial score (nSPS) is 23.0. The lowest BCUT2D eigenvalue weighted by atomic mass is 9.92. The number of pyridine rings is 1. The number of benzene rings is 1. The molecule has 1 N–H and O–H groups in total. The molecule has 3 heterocycles. The fourth-order valence-electron chi connectivity index (χ4n) is 4.78. The van der Waals surface area contributed by atoms with Gasteiger partial charge in [0.15, 0.2) is 0 Å². The SMILES string of the molecule is CN1CCN(CC(=O)N[C@@H]2C[C@H](C(F)(F)F)CN(c3ccc(C(F)(F)F)c4ncccc34)C2)CC1. The van der Waals surface area contributed by atoms with E-state index >= 15 is 0 Å². The fraction of sp³-hybridized carbons (Fsp3) is 0.565. The van der Waals surface area contributed by atoms with Gasteiger partial charge in [-0.3, -0.25) is 14.7 Å². The Hall–Kier alpha value is -2.60. The van der Waals surface area contributed by atoms with Gasteiger partial charge in [-0.15, -0.1) is 0 Å². The average Bonchev–Trinajstić information content (AvgIpc) is 2.78. The summed E-state index contributed by atoms with van der Waals surface area (Å²) in [7, 11) is 1.98. The van der Waals surface area contributed by atoms with Crippen LogP contribution in [0.4, 0.5) is 32.0 Å². The molecule has 1 aromatic carbocycles. The van der Waals surface area contributed by atoms with Crippen LogP contribution in [-0.4, -0.2) is 85.8 Å². The van der Waals surface area contributed by atoms with E-state index in [4.69, 9.17) is 0 Å². The van der Waals surface area contributed by atoms with E-state index < -0.39 is 36.4 Å². The predicted octanol–water partition coefficient (Wildman–Crippen LogP) is 3.37. The van der Waals surface area contributed by atoms with Crippen LogP contribution in [0.3, 0.4) is 0 Å². The highest BCUT2D eigenvalue weighted by Gasteiger charge is 2.45. The third-order valence-corrected chi connectivity index (χ3v) is 6.63. The zero-order valence-electron chi connectivity index (χ0n) is 19.2. The lowest BCUT2D eigenvalue weighted by Crippen LogP contribution is -2.56. The minimum Gasteiger partial charge on any atom is -0.368 e. The number of nitrogens with one attached hydrogen (secondary N) is 1. The van der Waals surface area contributed by atoms with Gasteiger partial charge in [0.05, 0.1) is 23.5 Å². The monoisotopic (exact) mass is 503 g/mol. The molecule has 2 aromatic rings. The molecule has 192 valence electrons. The molecule has 2 saturated heterocycles. The van der Waals surface area contributed by atoms with Crippen molar-refractivity contribution in [1.82, 2.24) is 20.1 Å². The van der Waals surface area contributed by atoms with Gasteiger partial charge in [-0.2, -0.15) is 26.3 Å². The Bertz CT molecular complexity index is 1050. The summed E-state index contributed by atoms with van der Waals surface area (Å²) >= 11 is 0. The van der Waals surface area contributed by atoms with E-state index in [0.29, 0.717) is 13.1 Å². The van der Waals surface area contributed by atoms with Crippen LogP contribution in [0.5, 0.6) is 0 Å². The number of alkyl halides is 6. The Morgan fingerprint density at radius 1 is 1.06 bits per heavy atom. The van der Waals surface area contributed by atoms with Crippen molar-refractivity contribution in [2.45, 2.75) is 24.8 Å². The van der Waals surface area contributed by atoms with Crippen molar-refractivity contribution in [3.05, 3.63) is 36.0 Å². The quantitative estimate of drug-likeness (QED) is 0.649. The number of piperidine rings is 1. The number of aromatic nitrogens is 1. The van der Waals surface area contributed by atoms with Crippen LogP contribution in [0.1, 0.15) is 12.0 Å². The van der Waals surface area contributed by atoms with Crippen molar-refractivity contribution in [2.24, 2.45) is 5.92 Å². The number of hydrogen-bond donors (Lipinski definition) is 1. The molecule has 35 heavy (non-hydrogen) atoms. The third-order valence-electron chi connectivity index (χ3n) is 6.63. The minimum atomic E-state index is -4.65. The highest BCUT2D eigenvalue weighted by Crippen LogP contribution is 2.40. The van der Waals surface area contributed by atoms with Crippen molar-refractivity contribution in [3.63, 3.8) is 0 Å². The first-order valence-electron chi connectivity index (χ1n) is 11.4. The Morgan fingerprint density at radius 3 is 2.43 bits per heavy atom. The first-order chi connectivity index (χ1) is 16.4. The molecular weight excluding hydrogens is 476 g/mol. The summed E-state index contributed by atoms with van der Waals surface area (Å²) < 4.78 is 81.7. The Balaban J connectivity index is 1.57. The fourth-order valence-corrected chi connectivity index (χ4v) is 4.78. The Labute approximate surface area is 198 Å². The van der Waals surface area contributed by atoms with Crippen LogP contribution in [0.25, 0.3) is 10.9 Å². The first-order valence-corrected chi connectivity index (χ1v) is 11.4. The van der Waals surface area contributed by atoms with Crippen molar-refractivity contribution >= 4 is 22.5 Å². The molecule has 0 saturated carbocycles. The maximum atomic E-state index is 13.8. The number of piperazine rings is 1. The van der Waals surface area contributed by atoms with E-state index in [1.807, 2.05) is 11.9 Å². The maximum absolute atomic E-state index is 13.8.